The minimum absolute atomic E-state index is 0. The molecular weight excluding hydrogens is 191 g/mol. The maximum atomic E-state index is 8.06. The normalized spacial score (nSPS) is 1.00. The van der Waals surface area contributed by atoms with Crippen LogP contribution in [0, 0.1) is 0 Å². The zero-order valence-electron chi connectivity index (χ0n) is 1.76. The second-order valence-electron chi connectivity index (χ2n) is 0. The van der Waals surface area contributed by atoms with E-state index >= 15 is 0 Å². The van der Waals surface area contributed by atoms with E-state index in [-0.39, 0.29) is 43.3 Å². The second-order valence-corrected chi connectivity index (χ2v) is 0. The largest absolute Gasteiger partial charge is 0.381 e. The van der Waals surface area contributed by atoms with E-state index in [0.29, 0.717) is 0 Å². The standard InChI is InChI=1S/Fe.OSi.Zr/c;1-2;. The van der Waals surface area contributed by atoms with Crippen LogP contribution < -0.4 is 0 Å². The first-order chi connectivity index (χ1) is 1.00. The smallest absolute Gasteiger partial charge is 0.381 e. The van der Waals surface area contributed by atoms with Gasteiger partial charge in [-0.05, 0) is 0 Å². The summed E-state index contributed by atoms with van der Waals surface area (Å²) in [5.74, 6) is 0. The zero-order valence-corrected chi connectivity index (χ0v) is 6.32. The summed E-state index contributed by atoms with van der Waals surface area (Å²) < 4.78 is 8.06. The van der Waals surface area contributed by atoms with E-state index in [0.717, 1.165) is 0 Å². The van der Waals surface area contributed by atoms with Gasteiger partial charge in [0.15, 0.2) is 0 Å². The third kappa shape index (κ3) is 9.93. The van der Waals surface area contributed by atoms with Gasteiger partial charge >= 0.3 is 10.1 Å². The Kier molecular flexibility index (Phi) is 116. The monoisotopic (exact) mass is 190 g/mol. The van der Waals surface area contributed by atoms with Gasteiger partial charge in [0.05, 0.1) is 0 Å². The molecule has 0 aliphatic carbocycles. The molecule has 0 aromatic carbocycles. The van der Waals surface area contributed by atoms with Gasteiger partial charge in [-0.15, -0.1) is 0 Å². The Bertz CT molecular complexity index is 8.00. The summed E-state index contributed by atoms with van der Waals surface area (Å²) in [5.41, 5.74) is 0. The Morgan fingerprint density at radius 1 is 1.25 bits per heavy atom. The van der Waals surface area contributed by atoms with Gasteiger partial charge in [0.2, 0.25) is 0 Å². The molecule has 0 unspecified atom stereocenters. The molecule has 0 atom stereocenters. The molecule has 0 bridgehead atoms. The predicted molar refractivity (Wildman–Crippen MR) is 6.44 cm³/mol. The Balaban J connectivity index is -0.00000000500. The minimum Gasteiger partial charge on any atom is -0.381 e. The van der Waals surface area contributed by atoms with Crippen molar-refractivity contribution in [3.63, 3.8) is 0 Å². The summed E-state index contributed by atoms with van der Waals surface area (Å²) in [6, 6.07) is 0. The van der Waals surface area contributed by atoms with Crippen molar-refractivity contribution in [2.75, 3.05) is 0 Å². The molecule has 4 heteroatoms. The van der Waals surface area contributed by atoms with Gasteiger partial charge in [0, 0.05) is 43.3 Å². The molecule has 0 saturated heterocycles. The van der Waals surface area contributed by atoms with E-state index in [9.17, 15) is 0 Å². The molecule has 0 aliphatic rings. The Morgan fingerprint density at radius 2 is 1.25 bits per heavy atom. The van der Waals surface area contributed by atoms with Crippen LogP contribution in [0.1, 0.15) is 0 Å². The van der Waals surface area contributed by atoms with E-state index in [2.05, 4.69) is 0 Å². The molecule has 0 spiro atoms. The average Bonchev–Trinajstić information content (AvgIpc) is 1.00. The fourth-order valence-electron chi connectivity index (χ4n) is 0. The average molecular weight is 191 g/mol. The third-order valence-corrected chi connectivity index (χ3v) is 0. The maximum absolute atomic E-state index is 8.06. The van der Waals surface area contributed by atoms with Gasteiger partial charge in [-0.2, -0.15) is 0 Å². The van der Waals surface area contributed by atoms with Crippen molar-refractivity contribution in [1.29, 1.82) is 0 Å². The molecule has 4 heavy (non-hydrogen) atoms. The van der Waals surface area contributed by atoms with Gasteiger partial charge in [0.1, 0.15) is 0 Å². The Morgan fingerprint density at radius 3 is 1.25 bits per heavy atom. The van der Waals surface area contributed by atoms with Crippen molar-refractivity contribution >= 4 is 10.1 Å². The van der Waals surface area contributed by atoms with Crippen molar-refractivity contribution in [1.82, 2.24) is 0 Å². The van der Waals surface area contributed by atoms with E-state index in [1.807, 2.05) is 0 Å². The molecule has 2 radical (unpaired) electrons. The van der Waals surface area contributed by atoms with Gasteiger partial charge in [0.25, 0.3) is 0 Å². The van der Waals surface area contributed by atoms with E-state index < -0.39 is 0 Å². The minimum atomic E-state index is 0. The molecule has 0 saturated carbocycles. The third-order valence-electron chi connectivity index (χ3n) is 0. The molecule has 0 aromatic rings. The van der Waals surface area contributed by atoms with Crippen LogP contribution in [0.3, 0.4) is 0 Å². The van der Waals surface area contributed by atoms with Crippen molar-refractivity contribution < 1.29 is 47.7 Å². The number of hydrogen-bond donors (Lipinski definition) is 0. The van der Waals surface area contributed by atoms with Crippen molar-refractivity contribution in [2.45, 2.75) is 0 Å². The van der Waals surface area contributed by atoms with E-state index in [1.54, 1.807) is 10.1 Å². The first-order valence-electron chi connectivity index (χ1n) is 0.204. The van der Waals surface area contributed by atoms with Crippen LogP contribution in [-0.2, 0) is 47.7 Å². The maximum Gasteiger partial charge on any atom is 0.381 e. The molecular formula is FeOSiZr. The molecule has 0 heterocycles. The summed E-state index contributed by atoms with van der Waals surface area (Å²) in [5, 5.41) is 0. The quantitative estimate of drug-likeness (QED) is 0.471. The van der Waals surface area contributed by atoms with E-state index in [4.69, 9.17) is 4.46 Å². The van der Waals surface area contributed by atoms with Crippen molar-refractivity contribution in [3.8, 4) is 0 Å². The van der Waals surface area contributed by atoms with Crippen LogP contribution in [0.4, 0.5) is 0 Å². The first-order valence-corrected chi connectivity index (χ1v) is 0.612. The molecule has 0 rings (SSSR count). The summed E-state index contributed by atoms with van der Waals surface area (Å²) in [4.78, 5) is 0. The molecule has 0 aliphatic heterocycles. The summed E-state index contributed by atoms with van der Waals surface area (Å²) >= 11 is 0. The van der Waals surface area contributed by atoms with Crippen LogP contribution in [0.15, 0.2) is 0 Å². The Labute approximate surface area is 57.6 Å². The Hall–Kier alpha value is 1.42. The van der Waals surface area contributed by atoms with Gasteiger partial charge in [-0.1, -0.05) is 0 Å². The summed E-state index contributed by atoms with van der Waals surface area (Å²) in [6.07, 6.45) is 0. The van der Waals surface area contributed by atoms with Crippen LogP contribution in [0.5, 0.6) is 0 Å². The fraction of sp³-hybridized carbons (Fsp3) is 0. The SMILES string of the molecule is O=[Si].[Fe].[Zr]. The summed E-state index contributed by atoms with van der Waals surface area (Å²) in [7, 11) is 1.72. The van der Waals surface area contributed by atoms with Gasteiger partial charge < -0.3 is 4.46 Å². The molecule has 0 N–H and O–H groups in total. The van der Waals surface area contributed by atoms with Crippen LogP contribution in [0.25, 0.3) is 0 Å². The zero-order chi connectivity index (χ0) is 2.00. The topological polar surface area (TPSA) is 17.1 Å². The summed E-state index contributed by atoms with van der Waals surface area (Å²) in [6.45, 7) is 0. The molecule has 0 aromatic heterocycles. The van der Waals surface area contributed by atoms with Crippen molar-refractivity contribution in [3.05, 3.63) is 0 Å². The van der Waals surface area contributed by atoms with Gasteiger partial charge in [-0.3, -0.25) is 0 Å². The molecule has 1 nitrogen and oxygen atoms in total. The molecule has 22 valence electrons. The van der Waals surface area contributed by atoms with Crippen LogP contribution in [-0.4, -0.2) is 10.1 Å². The van der Waals surface area contributed by atoms with E-state index in [1.165, 1.54) is 0 Å². The first kappa shape index (κ1) is 18.1. The van der Waals surface area contributed by atoms with Crippen LogP contribution in [0.2, 0.25) is 0 Å². The van der Waals surface area contributed by atoms with Gasteiger partial charge in [-0.25, -0.2) is 0 Å². The second kappa shape index (κ2) is 25.6. The number of hydrogen-bond acceptors (Lipinski definition) is 1. The fourth-order valence-corrected chi connectivity index (χ4v) is 0. The van der Waals surface area contributed by atoms with Crippen LogP contribution >= 0.6 is 0 Å². The molecule has 0 amide bonds. The molecule has 0 fully saturated rings. The number of rotatable bonds is 0. The van der Waals surface area contributed by atoms with Crippen molar-refractivity contribution in [2.24, 2.45) is 0 Å². The predicted octanol–water partition coefficient (Wildman–Crippen LogP) is -0.505.